The first kappa shape index (κ1) is 22.6. The lowest BCUT2D eigenvalue weighted by atomic mass is 9.99. The van der Waals surface area contributed by atoms with Crippen LogP contribution in [-0.4, -0.2) is 23.3 Å². The Morgan fingerprint density at radius 1 is 0.939 bits per heavy atom. The summed E-state index contributed by atoms with van der Waals surface area (Å²) in [4.78, 5) is 18.1. The second-order valence-electron chi connectivity index (χ2n) is 8.22. The predicted octanol–water partition coefficient (Wildman–Crippen LogP) is 6.05. The largest absolute Gasteiger partial charge is 0.497 e. The Labute approximate surface area is 194 Å². The molecule has 0 amide bonds. The van der Waals surface area contributed by atoms with Gasteiger partial charge in [0.25, 0.3) is 5.56 Å². The van der Waals surface area contributed by atoms with Gasteiger partial charge in [0.05, 0.1) is 24.6 Å². The molecular formula is C28H30N2O3. The maximum Gasteiger partial charge on any atom is 0.261 e. The molecule has 0 saturated carbocycles. The first-order chi connectivity index (χ1) is 16.1. The summed E-state index contributed by atoms with van der Waals surface area (Å²) in [5.74, 6) is 2.81. The van der Waals surface area contributed by atoms with Gasteiger partial charge < -0.3 is 9.47 Å². The van der Waals surface area contributed by atoms with Crippen LogP contribution in [0.5, 0.6) is 11.5 Å². The molecule has 170 valence electrons. The van der Waals surface area contributed by atoms with E-state index in [-0.39, 0.29) is 5.56 Å². The molecule has 0 aliphatic rings. The number of rotatable bonds is 9. The van der Waals surface area contributed by atoms with Gasteiger partial charge in [0, 0.05) is 12.1 Å². The standard InChI is InChI=1S/C28H30N2O3/c1-4-20(2)21-10-16-24(17-11-21)33-19-7-18-30-27(22-12-14-23(32-3)15-13-22)29-26-9-6-5-8-25(26)28(30)31/h5-6,8-17,20H,4,7,18-19H2,1-3H3/t20-/m1/s1. The van der Waals surface area contributed by atoms with Crippen molar-refractivity contribution in [2.75, 3.05) is 13.7 Å². The molecule has 5 nitrogen and oxygen atoms in total. The highest BCUT2D eigenvalue weighted by Crippen LogP contribution is 2.23. The summed E-state index contributed by atoms with van der Waals surface area (Å²) in [7, 11) is 1.64. The van der Waals surface area contributed by atoms with E-state index in [1.54, 1.807) is 11.7 Å². The molecule has 1 heterocycles. The first-order valence-corrected chi connectivity index (χ1v) is 11.5. The van der Waals surface area contributed by atoms with Crippen molar-refractivity contribution >= 4 is 10.9 Å². The number of fused-ring (bicyclic) bond motifs is 1. The summed E-state index contributed by atoms with van der Waals surface area (Å²) in [6, 6.07) is 23.4. The molecule has 0 N–H and O–H groups in total. The fraction of sp³-hybridized carbons (Fsp3) is 0.286. The Bertz CT molecular complexity index is 1260. The van der Waals surface area contributed by atoms with Gasteiger partial charge in [-0.1, -0.05) is 38.1 Å². The van der Waals surface area contributed by atoms with Gasteiger partial charge in [-0.2, -0.15) is 0 Å². The van der Waals surface area contributed by atoms with Crippen LogP contribution in [0.25, 0.3) is 22.3 Å². The van der Waals surface area contributed by atoms with Crippen LogP contribution >= 0.6 is 0 Å². The van der Waals surface area contributed by atoms with Crippen LogP contribution < -0.4 is 15.0 Å². The number of hydrogen-bond acceptors (Lipinski definition) is 4. The predicted molar refractivity (Wildman–Crippen MR) is 133 cm³/mol. The van der Waals surface area contributed by atoms with Gasteiger partial charge in [-0.15, -0.1) is 0 Å². The average molecular weight is 443 g/mol. The van der Waals surface area contributed by atoms with Gasteiger partial charge in [-0.3, -0.25) is 9.36 Å². The molecule has 0 aliphatic carbocycles. The second kappa shape index (κ2) is 10.3. The van der Waals surface area contributed by atoms with Crippen molar-refractivity contribution < 1.29 is 9.47 Å². The molecular weight excluding hydrogens is 412 g/mol. The topological polar surface area (TPSA) is 53.4 Å². The summed E-state index contributed by atoms with van der Waals surface area (Å²) in [6.07, 6.45) is 1.81. The molecule has 3 aromatic carbocycles. The Balaban J connectivity index is 1.53. The second-order valence-corrected chi connectivity index (χ2v) is 8.22. The first-order valence-electron chi connectivity index (χ1n) is 11.5. The minimum absolute atomic E-state index is 0.0377. The van der Waals surface area contributed by atoms with Crippen molar-refractivity contribution in [3.05, 3.63) is 88.7 Å². The molecule has 0 radical (unpaired) electrons. The third kappa shape index (κ3) is 5.08. The molecule has 4 aromatic rings. The Morgan fingerprint density at radius 2 is 1.64 bits per heavy atom. The third-order valence-electron chi connectivity index (χ3n) is 6.07. The van der Waals surface area contributed by atoms with Gasteiger partial charge in [0.1, 0.15) is 17.3 Å². The van der Waals surface area contributed by atoms with E-state index in [0.717, 1.165) is 23.5 Å². The average Bonchev–Trinajstić information content (AvgIpc) is 2.87. The van der Waals surface area contributed by atoms with E-state index in [9.17, 15) is 4.79 Å². The van der Waals surface area contributed by atoms with Crippen molar-refractivity contribution in [3.8, 4) is 22.9 Å². The zero-order chi connectivity index (χ0) is 23.2. The molecule has 0 saturated heterocycles. The fourth-order valence-corrected chi connectivity index (χ4v) is 3.88. The van der Waals surface area contributed by atoms with E-state index in [2.05, 4.69) is 26.0 Å². The van der Waals surface area contributed by atoms with Crippen molar-refractivity contribution in [3.63, 3.8) is 0 Å². The normalized spacial score (nSPS) is 12.0. The van der Waals surface area contributed by atoms with Crippen LogP contribution in [0, 0.1) is 0 Å². The molecule has 33 heavy (non-hydrogen) atoms. The van der Waals surface area contributed by atoms with Crippen molar-refractivity contribution in [2.45, 2.75) is 39.2 Å². The van der Waals surface area contributed by atoms with Crippen molar-refractivity contribution in [2.24, 2.45) is 0 Å². The highest BCUT2D eigenvalue weighted by atomic mass is 16.5. The summed E-state index contributed by atoms with van der Waals surface area (Å²) in [5.41, 5.74) is 2.86. The SMILES string of the molecule is CC[C@@H](C)c1ccc(OCCCn2c(-c3ccc(OC)cc3)nc3ccccc3c2=O)cc1. The summed E-state index contributed by atoms with van der Waals surface area (Å²) in [6.45, 7) is 5.46. The van der Waals surface area contributed by atoms with E-state index in [0.29, 0.717) is 42.2 Å². The summed E-state index contributed by atoms with van der Waals surface area (Å²) in [5, 5.41) is 0.622. The minimum atomic E-state index is -0.0377. The number of nitrogens with zero attached hydrogens (tertiary/aromatic N) is 2. The third-order valence-corrected chi connectivity index (χ3v) is 6.07. The lowest BCUT2D eigenvalue weighted by Crippen LogP contribution is -2.24. The molecule has 0 unspecified atom stereocenters. The summed E-state index contributed by atoms with van der Waals surface area (Å²) < 4.78 is 13.0. The quantitative estimate of drug-likeness (QED) is 0.296. The maximum atomic E-state index is 13.3. The highest BCUT2D eigenvalue weighted by molar-refractivity contribution is 5.79. The van der Waals surface area contributed by atoms with Crippen LogP contribution in [0.15, 0.2) is 77.6 Å². The van der Waals surface area contributed by atoms with Gasteiger partial charge in [-0.05, 0) is 72.9 Å². The minimum Gasteiger partial charge on any atom is -0.497 e. The maximum absolute atomic E-state index is 13.3. The molecule has 1 atom stereocenters. The Hall–Kier alpha value is -3.60. The monoisotopic (exact) mass is 442 g/mol. The van der Waals surface area contributed by atoms with E-state index in [1.165, 1.54) is 5.56 Å². The molecule has 0 fully saturated rings. The lowest BCUT2D eigenvalue weighted by Gasteiger charge is -2.15. The summed E-state index contributed by atoms with van der Waals surface area (Å²) >= 11 is 0. The highest BCUT2D eigenvalue weighted by Gasteiger charge is 2.13. The van der Waals surface area contributed by atoms with E-state index in [4.69, 9.17) is 14.5 Å². The fourth-order valence-electron chi connectivity index (χ4n) is 3.88. The number of para-hydroxylation sites is 1. The van der Waals surface area contributed by atoms with Crippen LogP contribution in [-0.2, 0) is 6.54 Å². The van der Waals surface area contributed by atoms with Gasteiger partial charge in [-0.25, -0.2) is 4.98 Å². The van der Waals surface area contributed by atoms with E-state index < -0.39 is 0 Å². The number of methoxy groups -OCH3 is 1. The zero-order valence-corrected chi connectivity index (χ0v) is 19.5. The van der Waals surface area contributed by atoms with Gasteiger partial charge >= 0.3 is 0 Å². The number of hydrogen-bond donors (Lipinski definition) is 0. The van der Waals surface area contributed by atoms with E-state index >= 15 is 0 Å². The molecule has 4 rings (SSSR count). The van der Waals surface area contributed by atoms with Crippen LogP contribution in [0.4, 0.5) is 0 Å². The molecule has 0 aliphatic heterocycles. The van der Waals surface area contributed by atoms with Gasteiger partial charge in [0.15, 0.2) is 0 Å². The lowest BCUT2D eigenvalue weighted by molar-refractivity contribution is 0.301. The van der Waals surface area contributed by atoms with Crippen LogP contribution in [0.3, 0.4) is 0 Å². The zero-order valence-electron chi connectivity index (χ0n) is 19.5. The van der Waals surface area contributed by atoms with Crippen LogP contribution in [0.2, 0.25) is 0 Å². The van der Waals surface area contributed by atoms with Crippen molar-refractivity contribution in [1.82, 2.24) is 9.55 Å². The Morgan fingerprint density at radius 3 is 2.33 bits per heavy atom. The molecule has 0 bridgehead atoms. The molecule has 0 spiro atoms. The Kier molecular flexibility index (Phi) is 7.08. The van der Waals surface area contributed by atoms with Crippen molar-refractivity contribution in [1.29, 1.82) is 0 Å². The smallest absolute Gasteiger partial charge is 0.261 e. The number of ether oxygens (including phenoxy) is 2. The molecule has 5 heteroatoms. The number of benzene rings is 3. The molecule has 1 aromatic heterocycles. The van der Waals surface area contributed by atoms with Crippen LogP contribution in [0.1, 0.15) is 38.2 Å². The number of aromatic nitrogens is 2. The van der Waals surface area contributed by atoms with Gasteiger partial charge in [0.2, 0.25) is 0 Å². The van der Waals surface area contributed by atoms with E-state index in [1.807, 2.05) is 60.7 Å².